The van der Waals surface area contributed by atoms with Crippen molar-refractivity contribution in [3.05, 3.63) is 0 Å². The Morgan fingerprint density at radius 1 is 1.54 bits per heavy atom. The summed E-state index contributed by atoms with van der Waals surface area (Å²) >= 11 is 0. The van der Waals surface area contributed by atoms with Crippen molar-refractivity contribution in [2.24, 2.45) is 4.40 Å². The largest absolute Gasteiger partial charge is 0.235 e. The molecule has 0 saturated carbocycles. The normalized spacial score (nSPS) is 27.3. The van der Waals surface area contributed by atoms with Crippen molar-refractivity contribution in [3.63, 3.8) is 0 Å². The molecule has 1 heterocycles. The monoisotopic (exact) mass is 223 g/mol. The van der Waals surface area contributed by atoms with E-state index >= 15 is 0 Å². The lowest BCUT2D eigenvalue weighted by Gasteiger charge is -2.12. The molecule has 1 unspecified atom stereocenters. The second kappa shape index (κ2) is 4.32. The smallest absolute Gasteiger partial charge is 0.155 e. The van der Waals surface area contributed by atoms with Crippen LogP contribution in [-0.4, -0.2) is 35.6 Å². The van der Waals surface area contributed by atoms with E-state index in [0.717, 1.165) is 0 Å². The van der Waals surface area contributed by atoms with Crippen molar-refractivity contribution in [1.29, 1.82) is 0 Å². The number of hydrogen-bond acceptors (Lipinski definition) is 3. The highest BCUT2D eigenvalue weighted by Gasteiger charge is 2.21. The third-order valence-electron chi connectivity index (χ3n) is 1.79. The Hall–Kier alpha value is -0.230. The highest BCUT2D eigenvalue weighted by molar-refractivity contribution is 7.92. The molecule has 1 fully saturated rings. The Kier molecular flexibility index (Phi) is 3.61. The van der Waals surface area contributed by atoms with Gasteiger partial charge in [-0.15, -0.1) is 0 Å². The van der Waals surface area contributed by atoms with Crippen molar-refractivity contribution >= 4 is 26.5 Å². The van der Waals surface area contributed by atoms with Gasteiger partial charge in [-0.3, -0.25) is 0 Å². The van der Waals surface area contributed by atoms with Gasteiger partial charge in [0.15, 0.2) is 9.84 Å². The van der Waals surface area contributed by atoms with E-state index in [1.165, 1.54) is 0 Å². The van der Waals surface area contributed by atoms with E-state index in [4.69, 9.17) is 0 Å². The van der Waals surface area contributed by atoms with Gasteiger partial charge in [-0.05, 0) is 12.8 Å². The molecule has 6 heteroatoms. The van der Waals surface area contributed by atoms with Crippen LogP contribution in [0.5, 0.6) is 0 Å². The SMILES string of the molecule is CCS(=O)/N=C1\CCCS(=O)(=O)C1. The van der Waals surface area contributed by atoms with Gasteiger partial charge in [0.2, 0.25) is 0 Å². The lowest BCUT2D eigenvalue weighted by atomic mass is 10.2. The van der Waals surface area contributed by atoms with Crippen molar-refractivity contribution in [1.82, 2.24) is 0 Å². The predicted octanol–water partition coefficient (Wildman–Crippen LogP) is 0.320. The summed E-state index contributed by atoms with van der Waals surface area (Å²) in [6.07, 6.45) is 1.28. The van der Waals surface area contributed by atoms with Gasteiger partial charge < -0.3 is 0 Å². The molecule has 0 bridgehead atoms. The Morgan fingerprint density at radius 3 is 2.77 bits per heavy atom. The van der Waals surface area contributed by atoms with E-state index in [-0.39, 0.29) is 11.5 Å². The van der Waals surface area contributed by atoms with Crippen molar-refractivity contribution < 1.29 is 12.6 Å². The molecular formula is C7H13NO3S2. The van der Waals surface area contributed by atoms with Crippen LogP contribution in [0.3, 0.4) is 0 Å². The third-order valence-corrected chi connectivity index (χ3v) is 4.42. The summed E-state index contributed by atoms with van der Waals surface area (Å²) in [6, 6.07) is 0. The van der Waals surface area contributed by atoms with Crippen LogP contribution in [0, 0.1) is 0 Å². The average molecular weight is 223 g/mol. The van der Waals surface area contributed by atoms with Crippen LogP contribution in [0.1, 0.15) is 19.8 Å². The van der Waals surface area contributed by atoms with Gasteiger partial charge in [-0.1, -0.05) is 6.92 Å². The molecule has 0 radical (unpaired) electrons. The molecule has 0 aromatic rings. The van der Waals surface area contributed by atoms with Crippen molar-refractivity contribution in [2.75, 3.05) is 17.3 Å². The van der Waals surface area contributed by atoms with Crippen LogP contribution in [0.4, 0.5) is 0 Å². The minimum absolute atomic E-state index is 0.00125. The van der Waals surface area contributed by atoms with E-state index in [1.807, 2.05) is 0 Å². The van der Waals surface area contributed by atoms with Crippen molar-refractivity contribution in [3.8, 4) is 0 Å². The van der Waals surface area contributed by atoms with Crippen LogP contribution in [0.25, 0.3) is 0 Å². The van der Waals surface area contributed by atoms with Gasteiger partial charge in [0.25, 0.3) is 0 Å². The van der Waals surface area contributed by atoms with Gasteiger partial charge in [-0.2, -0.15) is 4.40 Å². The second-order valence-corrected chi connectivity index (χ2v) is 6.55. The van der Waals surface area contributed by atoms with Crippen LogP contribution in [-0.2, 0) is 20.8 Å². The standard InChI is InChI=1S/C7H13NO3S2/c1-2-12(9)8-7-4-3-5-13(10,11)6-7/h2-6H2,1H3/b8-7+. The Labute approximate surface area is 81.0 Å². The fourth-order valence-corrected chi connectivity index (χ4v) is 3.27. The number of sulfone groups is 1. The summed E-state index contributed by atoms with van der Waals surface area (Å²) in [4.78, 5) is 0. The number of nitrogens with zero attached hydrogens (tertiary/aromatic N) is 1. The molecule has 1 atom stereocenters. The first-order chi connectivity index (χ1) is 6.03. The molecule has 0 N–H and O–H groups in total. The molecule has 0 aromatic heterocycles. The molecule has 0 amide bonds. The molecule has 0 aromatic carbocycles. The van der Waals surface area contributed by atoms with Crippen molar-refractivity contribution in [2.45, 2.75) is 19.8 Å². The lowest BCUT2D eigenvalue weighted by molar-refractivity contribution is 0.595. The minimum atomic E-state index is -2.95. The van der Waals surface area contributed by atoms with Crippen LogP contribution >= 0.6 is 0 Å². The predicted molar refractivity (Wildman–Crippen MR) is 54.0 cm³/mol. The fourth-order valence-electron chi connectivity index (χ4n) is 1.17. The maximum Gasteiger partial charge on any atom is 0.155 e. The fraction of sp³-hybridized carbons (Fsp3) is 0.857. The highest BCUT2D eigenvalue weighted by Crippen LogP contribution is 2.10. The summed E-state index contributed by atoms with van der Waals surface area (Å²) in [7, 11) is -4.19. The van der Waals surface area contributed by atoms with E-state index in [1.54, 1.807) is 6.92 Å². The van der Waals surface area contributed by atoms with E-state index in [2.05, 4.69) is 4.40 Å². The van der Waals surface area contributed by atoms with E-state index in [0.29, 0.717) is 24.3 Å². The molecule has 1 rings (SSSR count). The van der Waals surface area contributed by atoms with Crippen LogP contribution < -0.4 is 0 Å². The van der Waals surface area contributed by atoms with Gasteiger partial charge >= 0.3 is 0 Å². The molecule has 4 nitrogen and oxygen atoms in total. The molecule has 76 valence electrons. The highest BCUT2D eigenvalue weighted by atomic mass is 32.2. The Balaban J connectivity index is 2.72. The summed E-state index contributed by atoms with van der Waals surface area (Å²) in [5, 5.41) is 0. The second-order valence-electron chi connectivity index (χ2n) is 2.96. The molecule has 13 heavy (non-hydrogen) atoms. The Bertz CT molecular complexity index is 332. The quantitative estimate of drug-likeness (QED) is 0.677. The molecule has 1 saturated heterocycles. The third kappa shape index (κ3) is 3.56. The Morgan fingerprint density at radius 2 is 2.23 bits per heavy atom. The molecular weight excluding hydrogens is 210 g/mol. The summed E-state index contributed by atoms with van der Waals surface area (Å²) in [6.45, 7) is 1.76. The zero-order valence-corrected chi connectivity index (χ0v) is 9.16. The molecule has 1 aliphatic rings. The van der Waals surface area contributed by atoms with E-state index in [9.17, 15) is 12.6 Å². The summed E-state index contributed by atoms with van der Waals surface area (Å²) in [5.41, 5.74) is 0.575. The first kappa shape index (κ1) is 10.8. The lowest BCUT2D eigenvalue weighted by Crippen LogP contribution is -2.25. The maximum atomic E-state index is 11.2. The van der Waals surface area contributed by atoms with Crippen LogP contribution in [0.15, 0.2) is 4.40 Å². The van der Waals surface area contributed by atoms with Gasteiger partial charge in [0, 0.05) is 11.5 Å². The summed E-state index contributed by atoms with van der Waals surface area (Å²) < 4.78 is 37.2. The molecule has 1 aliphatic heterocycles. The summed E-state index contributed by atoms with van der Waals surface area (Å²) in [5.74, 6) is 0.688. The first-order valence-electron chi connectivity index (χ1n) is 4.19. The topological polar surface area (TPSA) is 63.6 Å². The first-order valence-corrected chi connectivity index (χ1v) is 7.28. The zero-order valence-electron chi connectivity index (χ0n) is 7.52. The molecule has 0 aliphatic carbocycles. The van der Waals surface area contributed by atoms with Crippen LogP contribution in [0.2, 0.25) is 0 Å². The van der Waals surface area contributed by atoms with Gasteiger partial charge in [0.1, 0.15) is 11.0 Å². The van der Waals surface area contributed by atoms with Gasteiger partial charge in [-0.25, -0.2) is 12.6 Å². The number of hydrogen-bond donors (Lipinski definition) is 0. The number of rotatable bonds is 2. The average Bonchev–Trinajstić information content (AvgIpc) is 2.02. The molecule has 0 spiro atoms. The zero-order chi connectivity index (χ0) is 9.90. The van der Waals surface area contributed by atoms with Gasteiger partial charge in [0.05, 0.1) is 11.5 Å². The minimum Gasteiger partial charge on any atom is -0.235 e. The maximum absolute atomic E-state index is 11.2. The van der Waals surface area contributed by atoms with E-state index < -0.39 is 20.8 Å².